The molecule has 0 radical (unpaired) electrons. The van der Waals surface area contributed by atoms with E-state index in [0.29, 0.717) is 12.3 Å². The highest BCUT2D eigenvalue weighted by Crippen LogP contribution is 2.18. The van der Waals surface area contributed by atoms with Crippen LogP contribution >= 0.6 is 0 Å². The fourth-order valence-electron chi connectivity index (χ4n) is 1.42. The maximum absolute atomic E-state index is 11.2. The van der Waals surface area contributed by atoms with Crippen molar-refractivity contribution in [2.75, 3.05) is 6.61 Å². The van der Waals surface area contributed by atoms with Crippen molar-refractivity contribution in [3.05, 3.63) is 16.8 Å². The standard InChI is InChI=1S/C8H15N3O2/c1-6(2)7(3-4-12)11-5-9-10-8(11)13/h5-7,12H,3-4H2,1-2H3,(H,10,13). The summed E-state index contributed by atoms with van der Waals surface area (Å²) in [4.78, 5) is 11.2. The highest BCUT2D eigenvalue weighted by atomic mass is 16.3. The first-order chi connectivity index (χ1) is 6.16. The monoisotopic (exact) mass is 185 g/mol. The SMILES string of the molecule is CC(C)C(CCO)n1cn[nH]c1=O. The first-order valence-electron chi connectivity index (χ1n) is 4.39. The van der Waals surface area contributed by atoms with E-state index in [-0.39, 0.29) is 18.3 Å². The molecule has 1 atom stereocenters. The second-order valence-electron chi connectivity index (χ2n) is 3.39. The molecular weight excluding hydrogens is 170 g/mol. The molecule has 0 aliphatic heterocycles. The van der Waals surface area contributed by atoms with Crippen molar-refractivity contribution < 1.29 is 5.11 Å². The van der Waals surface area contributed by atoms with Crippen molar-refractivity contribution in [3.63, 3.8) is 0 Å². The molecule has 0 aliphatic carbocycles. The van der Waals surface area contributed by atoms with Crippen LogP contribution in [-0.2, 0) is 0 Å². The minimum atomic E-state index is -0.216. The van der Waals surface area contributed by atoms with Crippen LogP contribution in [-0.4, -0.2) is 26.5 Å². The van der Waals surface area contributed by atoms with Crippen molar-refractivity contribution in [2.45, 2.75) is 26.3 Å². The van der Waals surface area contributed by atoms with E-state index >= 15 is 0 Å². The highest BCUT2D eigenvalue weighted by molar-refractivity contribution is 4.75. The summed E-state index contributed by atoms with van der Waals surface area (Å²) in [6.45, 7) is 4.11. The lowest BCUT2D eigenvalue weighted by Crippen LogP contribution is -2.26. The predicted octanol–water partition coefficient (Wildman–Crippen LogP) is 0.151. The molecule has 0 amide bonds. The van der Waals surface area contributed by atoms with Crippen LogP contribution in [0.3, 0.4) is 0 Å². The molecule has 0 bridgehead atoms. The molecule has 1 rings (SSSR count). The van der Waals surface area contributed by atoms with E-state index in [4.69, 9.17) is 5.11 Å². The number of rotatable bonds is 4. The summed E-state index contributed by atoms with van der Waals surface area (Å²) in [5.41, 5.74) is -0.216. The van der Waals surface area contributed by atoms with Gasteiger partial charge in [0.15, 0.2) is 0 Å². The molecule has 13 heavy (non-hydrogen) atoms. The summed E-state index contributed by atoms with van der Waals surface area (Å²) >= 11 is 0. The molecule has 1 heterocycles. The molecule has 74 valence electrons. The summed E-state index contributed by atoms with van der Waals surface area (Å²) in [7, 11) is 0. The summed E-state index contributed by atoms with van der Waals surface area (Å²) in [6.07, 6.45) is 2.06. The van der Waals surface area contributed by atoms with E-state index in [1.165, 1.54) is 10.9 Å². The lowest BCUT2D eigenvalue weighted by atomic mass is 10.0. The van der Waals surface area contributed by atoms with Gasteiger partial charge in [0.1, 0.15) is 6.33 Å². The van der Waals surface area contributed by atoms with Gasteiger partial charge in [0, 0.05) is 12.6 Å². The number of aromatic amines is 1. The topological polar surface area (TPSA) is 70.9 Å². The van der Waals surface area contributed by atoms with E-state index in [1.54, 1.807) is 0 Å². The van der Waals surface area contributed by atoms with Crippen molar-refractivity contribution in [1.29, 1.82) is 0 Å². The molecule has 0 saturated heterocycles. The van der Waals surface area contributed by atoms with Gasteiger partial charge in [-0.2, -0.15) is 5.10 Å². The van der Waals surface area contributed by atoms with Crippen molar-refractivity contribution in [2.24, 2.45) is 5.92 Å². The third-order valence-electron chi connectivity index (χ3n) is 2.13. The third-order valence-corrected chi connectivity index (χ3v) is 2.13. The zero-order chi connectivity index (χ0) is 9.84. The molecular formula is C8H15N3O2. The normalized spacial score (nSPS) is 13.5. The average molecular weight is 185 g/mol. The van der Waals surface area contributed by atoms with Gasteiger partial charge >= 0.3 is 5.69 Å². The Hall–Kier alpha value is -1.10. The maximum atomic E-state index is 11.2. The third kappa shape index (κ3) is 2.18. The van der Waals surface area contributed by atoms with E-state index in [0.717, 1.165) is 0 Å². The van der Waals surface area contributed by atoms with Gasteiger partial charge < -0.3 is 5.11 Å². The Balaban J connectivity index is 2.88. The van der Waals surface area contributed by atoms with Gasteiger partial charge in [0.05, 0.1) is 0 Å². The first-order valence-corrected chi connectivity index (χ1v) is 4.39. The van der Waals surface area contributed by atoms with Crippen molar-refractivity contribution >= 4 is 0 Å². The molecule has 0 saturated carbocycles. The fourth-order valence-corrected chi connectivity index (χ4v) is 1.42. The molecule has 2 N–H and O–H groups in total. The largest absolute Gasteiger partial charge is 0.396 e. The summed E-state index contributed by atoms with van der Waals surface area (Å²) in [5.74, 6) is 0.308. The van der Waals surface area contributed by atoms with Gasteiger partial charge in [-0.05, 0) is 12.3 Å². The van der Waals surface area contributed by atoms with E-state index in [1.807, 2.05) is 13.8 Å². The zero-order valence-electron chi connectivity index (χ0n) is 7.90. The minimum Gasteiger partial charge on any atom is -0.396 e. The Morgan fingerprint density at radius 2 is 2.38 bits per heavy atom. The van der Waals surface area contributed by atoms with Crippen LogP contribution in [0.4, 0.5) is 0 Å². The molecule has 1 aromatic heterocycles. The Kier molecular flexibility index (Phi) is 3.25. The predicted molar refractivity (Wildman–Crippen MR) is 48.4 cm³/mol. The van der Waals surface area contributed by atoms with Crippen LogP contribution in [0.25, 0.3) is 0 Å². The number of aliphatic hydroxyl groups excluding tert-OH is 1. The molecule has 1 aromatic rings. The lowest BCUT2D eigenvalue weighted by molar-refractivity contribution is 0.230. The number of nitrogens with zero attached hydrogens (tertiary/aromatic N) is 2. The molecule has 1 unspecified atom stereocenters. The Morgan fingerprint density at radius 1 is 1.69 bits per heavy atom. The van der Waals surface area contributed by atoms with Crippen LogP contribution in [0.15, 0.2) is 11.1 Å². The van der Waals surface area contributed by atoms with E-state index in [9.17, 15) is 4.79 Å². The zero-order valence-corrected chi connectivity index (χ0v) is 7.90. The molecule has 5 heteroatoms. The second-order valence-corrected chi connectivity index (χ2v) is 3.39. The second kappa shape index (κ2) is 4.23. The Morgan fingerprint density at radius 3 is 2.77 bits per heavy atom. The smallest absolute Gasteiger partial charge is 0.343 e. The van der Waals surface area contributed by atoms with Crippen LogP contribution in [0, 0.1) is 5.92 Å². The number of hydrogen-bond acceptors (Lipinski definition) is 3. The van der Waals surface area contributed by atoms with Crippen molar-refractivity contribution in [1.82, 2.24) is 14.8 Å². The number of hydrogen-bond donors (Lipinski definition) is 2. The minimum absolute atomic E-state index is 0.0243. The summed E-state index contributed by atoms with van der Waals surface area (Å²) < 4.78 is 1.53. The average Bonchev–Trinajstić information content (AvgIpc) is 2.47. The number of nitrogens with one attached hydrogen (secondary N) is 1. The Labute approximate surface area is 76.4 Å². The van der Waals surface area contributed by atoms with Crippen LogP contribution < -0.4 is 5.69 Å². The van der Waals surface area contributed by atoms with Gasteiger partial charge in [0.2, 0.25) is 0 Å². The lowest BCUT2D eigenvalue weighted by Gasteiger charge is -2.19. The number of aromatic nitrogens is 3. The molecule has 0 aromatic carbocycles. The molecule has 0 fully saturated rings. The van der Waals surface area contributed by atoms with Crippen molar-refractivity contribution in [3.8, 4) is 0 Å². The number of H-pyrrole nitrogens is 1. The van der Waals surface area contributed by atoms with Gasteiger partial charge in [-0.3, -0.25) is 4.57 Å². The van der Waals surface area contributed by atoms with Gasteiger partial charge in [-0.1, -0.05) is 13.8 Å². The van der Waals surface area contributed by atoms with Crippen LogP contribution in [0.1, 0.15) is 26.3 Å². The van der Waals surface area contributed by atoms with E-state index in [2.05, 4.69) is 10.2 Å². The molecule has 5 nitrogen and oxygen atoms in total. The van der Waals surface area contributed by atoms with Crippen LogP contribution in [0.2, 0.25) is 0 Å². The fraction of sp³-hybridized carbons (Fsp3) is 0.750. The quantitative estimate of drug-likeness (QED) is 0.701. The molecule has 0 aliphatic rings. The Bertz CT molecular complexity index is 302. The van der Waals surface area contributed by atoms with Gasteiger partial charge in [-0.15, -0.1) is 0 Å². The molecule has 0 spiro atoms. The summed E-state index contributed by atoms with van der Waals surface area (Å²) in [6, 6.07) is 0.0243. The summed E-state index contributed by atoms with van der Waals surface area (Å²) in [5, 5.41) is 14.8. The van der Waals surface area contributed by atoms with Gasteiger partial charge in [0.25, 0.3) is 0 Å². The highest BCUT2D eigenvalue weighted by Gasteiger charge is 2.16. The van der Waals surface area contributed by atoms with Gasteiger partial charge in [-0.25, -0.2) is 9.89 Å². The number of aliphatic hydroxyl groups is 1. The first kappa shape index (κ1) is 9.98. The van der Waals surface area contributed by atoms with Crippen LogP contribution in [0.5, 0.6) is 0 Å². The van der Waals surface area contributed by atoms with E-state index < -0.39 is 0 Å². The maximum Gasteiger partial charge on any atom is 0.343 e.